The Hall–Kier alpha value is -1.52. The van der Waals surface area contributed by atoms with Crippen LogP contribution in [0.15, 0.2) is 29.2 Å². The van der Waals surface area contributed by atoms with Gasteiger partial charge in [0.15, 0.2) is 0 Å². The molecule has 0 bridgehead atoms. The molecule has 0 heterocycles. The van der Waals surface area contributed by atoms with E-state index in [4.69, 9.17) is 14.6 Å². The van der Waals surface area contributed by atoms with Crippen molar-refractivity contribution >= 4 is 21.6 Å². The van der Waals surface area contributed by atoms with E-state index in [1.54, 1.807) is 20.3 Å². The van der Waals surface area contributed by atoms with E-state index >= 15 is 0 Å². The first-order valence-corrected chi connectivity index (χ1v) is 9.04. The summed E-state index contributed by atoms with van der Waals surface area (Å²) < 4.78 is 32.7. The number of ether oxygens (including phenoxy) is 2. The number of carbonyl (C=O) groups excluding carboxylic acids is 1. The predicted octanol–water partition coefficient (Wildman–Crippen LogP) is 0.257. The Morgan fingerprint density at radius 1 is 1.17 bits per heavy atom. The molecule has 0 atom stereocenters. The quantitative estimate of drug-likeness (QED) is 0.586. The smallest absolute Gasteiger partial charge is 0.238 e. The van der Waals surface area contributed by atoms with Crippen molar-refractivity contribution in [3.8, 4) is 0 Å². The highest BCUT2D eigenvalue weighted by Crippen LogP contribution is 2.14. The molecule has 3 N–H and O–H groups in total. The number of anilines is 1. The number of carbonyl (C=O) groups is 1. The van der Waals surface area contributed by atoms with E-state index in [9.17, 15) is 13.2 Å². The van der Waals surface area contributed by atoms with Crippen molar-refractivity contribution in [3.63, 3.8) is 0 Å². The van der Waals surface area contributed by atoms with Crippen molar-refractivity contribution in [1.29, 1.82) is 0 Å². The third-order valence-electron chi connectivity index (χ3n) is 3.32. The van der Waals surface area contributed by atoms with E-state index in [2.05, 4.69) is 10.2 Å². The summed E-state index contributed by atoms with van der Waals surface area (Å²) in [4.78, 5) is 14.1. The lowest BCUT2D eigenvalue weighted by Gasteiger charge is -2.21. The van der Waals surface area contributed by atoms with Crippen molar-refractivity contribution in [2.75, 3.05) is 52.4 Å². The molecule has 0 aliphatic rings. The fraction of sp³-hybridized carbons (Fsp3) is 0.533. The molecule has 0 radical (unpaired) electrons. The van der Waals surface area contributed by atoms with E-state index in [-0.39, 0.29) is 17.2 Å². The highest BCUT2D eigenvalue weighted by atomic mass is 32.2. The zero-order valence-electron chi connectivity index (χ0n) is 14.0. The van der Waals surface area contributed by atoms with Crippen LogP contribution in [-0.4, -0.2) is 66.3 Å². The summed E-state index contributed by atoms with van der Waals surface area (Å²) in [5, 5.41) is 7.75. The Labute approximate surface area is 143 Å². The van der Waals surface area contributed by atoms with Gasteiger partial charge in [0.2, 0.25) is 15.9 Å². The van der Waals surface area contributed by atoms with Crippen LogP contribution in [0.5, 0.6) is 0 Å². The van der Waals surface area contributed by atoms with Crippen LogP contribution in [0.25, 0.3) is 0 Å². The topological polar surface area (TPSA) is 111 Å². The van der Waals surface area contributed by atoms with Gasteiger partial charge in [-0.2, -0.15) is 0 Å². The number of hydrogen-bond acceptors (Lipinski definition) is 6. The molecule has 1 amide bonds. The Bertz CT molecular complexity index is 613. The number of nitrogens with two attached hydrogens (primary N) is 1. The second-order valence-electron chi connectivity index (χ2n) is 5.20. The highest BCUT2D eigenvalue weighted by Gasteiger charge is 2.11. The van der Waals surface area contributed by atoms with Crippen LogP contribution in [0.3, 0.4) is 0 Å². The maximum Gasteiger partial charge on any atom is 0.238 e. The van der Waals surface area contributed by atoms with Gasteiger partial charge in [-0.05, 0) is 18.2 Å². The molecular weight excluding hydrogens is 334 g/mol. The van der Waals surface area contributed by atoms with Crippen molar-refractivity contribution in [2.45, 2.75) is 11.3 Å². The lowest BCUT2D eigenvalue weighted by Crippen LogP contribution is -2.33. The first kappa shape index (κ1) is 20.5. The number of hydrogen-bond donors (Lipinski definition) is 2. The number of methoxy groups -OCH3 is 2. The Kier molecular flexibility index (Phi) is 8.87. The lowest BCUT2D eigenvalue weighted by molar-refractivity contribution is -0.116. The third-order valence-corrected chi connectivity index (χ3v) is 4.24. The van der Waals surface area contributed by atoms with Crippen molar-refractivity contribution in [2.24, 2.45) is 5.14 Å². The standard InChI is InChI=1S/C15H25N3O5S/c1-22-10-8-18(9-11-23-2)7-6-15(19)17-13-4-3-5-14(12-13)24(16,20)21/h3-5,12H,6-11H2,1-2H3,(H,17,19)(H2,16,20,21). The van der Waals surface area contributed by atoms with Gasteiger partial charge >= 0.3 is 0 Å². The van der Waals surface area contributed by atoms with E-state index in [1.807, 2.05) is 0 Å². The minimum atomic E-state index is -3.79. The molecule has 24 heavy (non-hydrogen) atoms. The van der Waals surface area contributed by atoms with Crippen LogP contribution in [-0.2, 0) is 24.3 Å². The molecule has 136 valence electrons. The second-order valence-corrected chi connectivity index (χ2v) is 6.76. The minimum absolute atomic E-state index is 0.0397. The van der Waals surface area contributed by atoms with Crippen LogP contribution in [0, 0.1) is 0 Å². The number of nitrogens with zero attached hydrogens (tertiary/aromatic N) is 1. The summed E-state index contributed by atoms with van der Waals surface area (Å²) in [5.74, 6) is -0.207. The Morgan fingerprint density at radius 2 is 1.79 bits per heavy atom. The molecule has 0 saturated heterocycles. The number of rotatable bonds is 11. The minimum Gasteiger partial charge on any atom is -0.383 e. The molecule has 0 aliphatic carbocycles. The molecular formula is C15H25N3O5S. The van der Waals surface area contributed by atoms with Gasteiger partial charge in [0, 0.05) is 46.0 Å². The number of nitrogens with one attached hydrogen (secondary N) is 1. The van der Waals surface area contributed by atoms with Gasteiger partial charge in [-0.15, -0.1) is 0 Å². The molecule has 0 unspecified atom stereocenters. The van der Waals surface area contributed by atoms with Crippen LogP contribution in [0.1, 0.15) is 6.42 Å². The molecule has 1 aromatic carbocycles. The first-order valence-electron chi connectivity index (χ1n) is 7.49. The third kappa shape index (κ3) is 7.84. The molecule has 0 aromatic heterocycles. The molecule has 1 aromatic rings. The number of amides is 1. The van der Waals surface area contributed by atoms with Gasteiger partial charge in [-0.25, -0.2) is 13.6 Å². The van der Waals surface area contributed by atoms with E-state index < -0.39 is 10.0 Å². The zero-order chi connectivity index (χ0) is 18.0. The van der Waals surface area contributed by atoms with E-state index in [0.29, 0.717) is 38.5 Å². The fourth-order valence-electron chi connectivity index (χ4n) is 2.01. The van der Waals surface area contributed by atoms with Crippen LogP contribution < -0.4 is 10.5 Å². The zero-order valence-corrected chi connectivity index (χ0v) is 14.8. The summed E-state index contributed by atoms with van der Waals surface area (Å²) in [5.41, 5.74) is 0.395. The van der Waals surface area contributed by atoms with Crippen LogP contribution in [0.2, 0.25) is 0 Å². The van der Waals surface area contributed by atoms with Crippen LogP contribution >= 0.6 is 0 Å². The van der Waals surface area contributed by atoms with E-state index in [1.165, 1.54) is 18.2 Å². The molecule has 0 fully saturated rings. The average Bonchev–Trinajstić information content (AvgIpc) is 2.53. The fourth-order valence-corrected chi connectivity index (χ4v) is 2.57. The molecule has 1 rings (SSSR count). The van der Waals surface area contributed by atoms with Crippen molar-refractivity contribution in [1.82, 2.24) is 4.90 Å². The summed E-state index contributed by atoms with van der Waals surface area (Å²) in [6.45, 7) is 3.10. The Morgan fingerprint density at radius 3 is 2.33 bits per heavy atom. The molecule has 0 aliphatic heterocycles. The normalized spacial score (nSPS) is 11.7. The molecule has 9 heteroatoms. The largest absolute Gasteiger partial charge is 0.383 e. The molecule has 0 saturated carbocycles. The van der Waals surface area contributed by atoms with Gasteiger partial charge < -0.3 is 14.8 Å². The van der Waals surface area contributed by atoms with E-state index in [0.717, 1.165) is 0 Å². The summed E-state index contributed by atoms with van der Waals surface area (Å²) in [7, 11) is -0.545. The van der Waals surface area contributed by atoms with Crippen molar-refractivity contribution < 1.29 is 22.7 Å². The number of benzene rings is 1. The lowest BCUT2D eigenvalue weighted by atomic mass is 10.3. The van der Waals surface area contributed by atoms with Gasteiger partial charge in [-0.3, -0.25) is 9.69 Å². The number of sulfonamides is 1. The monoisotopic (exact) mass is 359 g/mol. The summed E-state index contributed by atoms with van der Waals surface area (Å²) in [6.07, 6.45) is 0.271. The average molecular weight is 359 g/mol. The molecule has 8 nitrogen and oxygen atoms in total. The SMILES string of the molecule is COCCN(CCOC)CCC(=O)Nc1cccc(S(N)(=O)=O)c1. The summed E-state index contributed by atoms with van der Waals surface area (Å²) >= 11 is 0. The molecule has 0 spiro atoms. The highest BCUT2D eigenvalue weighted by molar-refractivity contribution is 7.89. The number of primary sulfonamides is 1. The van der Waals surface area contributed by atoms with Gasteiger partial charge in [-0.1, -0.05) is 6.07 Å². The Balaban J connectivity index is 2.55. The predicted molar refractivity (Wildman–Crippen MR) is 91.3 cm³/mol. The first-order chi connectivity index (χ1) is 11.4. The van der Waals surface area contributed by atoms with Gasteiger partial charge in [0.1, 0.15) is 0 Å². The maximum absolute atomic E-state index is 12.0. The second kappa shape index (κ2) is 10.4. The maximum atomic E-state index is 12.0. The van der Waals surface area contributed by atoms with Crippen LogP contribution in [0.4, 0.5) is 5.69 Å². The summed E-state index contributed by atoms with van der Waals surface area (Å²) in [6, 6.07) is 5.85. The van der Waals surface area contributed by atoms with Gasteiger partial charge in [0.25, 0.3) is 0 Å². The van der Waals surface area contributed by atoms with Crippen molar-refractivity contribution in [3.05, 3.63) is 24.3 Å². The van der Waals surface area contributed by atoms with Gasteiger partial charge in [0.05, 0.1) is 18.1 Å².